The maximum atomic E-state index is 5.30. The van der Waals surface area contributed by atoms with Crippen LogP contribution in [-0.4, -0.2) is 9.97 Å². The van der Waals surface area contributed by atoms with E-state index in [2.05, 4.69) is 33.5 Å². The number of hydrogen-bond donors (Lipinski definition) is 1. The molecule has 4 heteroatoms. The summed E-state index contributed by atoms with van der Waals surface area (Å²) < 4.78 is 5.30. The molecule has 1 atom stereocenters. The Labute approximate surface area is 122 Å². The average molecular weight is 277 g/mol. The molecule has 1 aliphatic rings. The standard InChI is InChI=1S/C17H15N3O/c1-2-13-5-8-15(17(13)19-9-1)20-14-6-3-12(4-7-14)16-10-18-11-21-16/h1-4,6-7,9-11,15,20H,5,8H2. The maximum Gasteiger partial charge on any atom is 0.181 e. The van der Waals surface area contributed by atoms with Crippen LogP contribution >= 0.6 is 0 Å². The van der Waals surface area contributed by atoms with E-state index in [4.69, 9.17) is 4.42 Å². The second-order valence-corrected chi connectivity index (χ2v) is 5.23. The summed E-state index contributed by atoms with van der Waals surface area (Å²) in [5.41, 5.74) is 4.66. The Morgan fingerprint density at radius 1 is 1.14 bits per heavy atom. The van der Waals surface area contributed by atoms with Gasteiger partial charge in [0.25, 0.3) is 0 Å². The van der Waals surface area contributed by atoms with Crippen LogP contribution in [0.25, 0.3) is 11.3 Å². The van der Waals surface area contributed by atoms with Gasteiger partial charge in [0.2, 0.25) is 0 Å². The summed E-state index contributed by atoms with van der Waals surface area (Å²) >= 11 is 0. The van der Waals surface area contributed by atoms with E-state index >= 15 is 0 Å². The Kier molecular flexibility index (Phi) is 2.92. The SMILES string of the molecule is c1cnc2c(c1)CCC2Nc1ccc(-c2cnco2)cc1. The monoisotopic (exact) mass is 277 g/mol. The molecule has 0 fully saturated rings. The highest BCUT2D eigenvalue weighted by Crippen LogP contribution is 2.32. The zero-order chi connectivity index (χ0) is 14.1. The molecule has 0 spiro atoms. The second-order valence-electron chi connectivity index (χ2n) is 5.23. The van der Waals surface area contributed by atoms with Gasteiger partial charge in [-0.1, -0.05) is 6.07 Å². The third-order valence-electron chi connectivity index (χ3n) is 3.90. The first-order valence-corrected chi connectivity index (χ1v) is 7.09. The van der Waals surface area contributed by atoms with Crippen LogP contribution in [0.1, 0.15) is 23.7 Å². The molecule has 0 saturated heterocycles. The van der Waals surface area contributed by atoms with Gasteiger partial charge in [0, 0.05) is 17.4 Å². The summed E-state index contributed by atoms with van der Waals surface area (Å²) in [6.07, 6.45) is 7.22. The maximum absolute atomic E-state index is 5.30. The fraction of sp³-hybridized carbons (Fsp3) is 0.176. The van der Waals surface area contributed by atoms with E-state index in [1.807, 2.05) is 24.4 Å². The fourth-order valence-electron chi connectivity index (χ4n) is 2.84. The lowest BCUT2D eigenvalue weighted by Gasteiger charge is -2.14. The number of benzene rings is 1. The summed E-state index contributed by atoms with van der Waals surface area (Å²) in [6, 6.07) is 12.7. The van der Waals surface area contributed by atoms with Gasteiger partial charge < -0.3 is 9.73 Å². The molecule has 1 aromatic carbocycles. The minimum Gasteiger partial charge on any atom is -0.444 e. The van der Waals surface area contributed by atoms with Crippen molar-refractivity contribution in [3.05, 3.63) is 66.4 Å². The number of fused-ring (bicyclic) bond motifs is 1. The predicted molar refractivity (Wildman–Crippen MR) is 80.9 cm³/mol. The number of hydrogen-bond acceptors (Lipinski definition) is 4. The largest absolute Gasteiger partial charge is 0.444 e. The van der Waals surface area contributed by atoms with E-state index in [0.29, 0.717) is 6.04 Å². The van der Waals surface area contributed by atoms with Crippen LogP contribution in [0, 0.1) is 0 Å². The first kappa shape index (κ1) is 12.1. The normalized spacial score (nSPS) is 16.7. The average Bonchev–Trinajstić information content (AvgIpc) is 3.19. The molecule has 0 radical (unpaired) electrons. The first-order valence-electron chi connectivity index (χ1n) is 7.09. The van der Waals surface area contributed by atoms with Gasteiger partial charge in [-0.2, -0.15) is 0 Å². The van der Waals surface area contributed by atoms with Crippen molar-refractivity contribution in [2.75, 3.05) is 5.32 Å². The van der Waals surface area contributed by atoms with Crippen molar-refractivity contribution in [2.45, 2.75) is 18.9 Å². The van der Waals surface area contributed by atoms with E-state index in [-0.39, 0.29) is 0 Å². The van der Waals surface area contributed by atoms with Crippen molar-refractivity contribution in [2.24, 2.45) is 0 Å². The van der Waals surface area contributed by atoms with Gasteiger partial charge in [-0.15, -0.1) is 0 Å². The lowest BCUT2D eigenvalue weighted by Crippen LogP contribution is -2.08. The van der Waals surface area contributed by atoms with Crippen molar-refractivity contribution in [3.8, 4) is 11.3 Å². The van der Waals surface area contributed by atoms with Crippen molar-refractivity contribution in [1.29, 1.82) is 0 Å². The van der Waals surface area contributed by atoms with Crippen molar-refractivity contribution < 1.29 is 4.42 Å². The van der Waals surface area contributed by atoms with Gasteiger partial charge in [0.1, 0.15) is 0 Å². The number of rotatable bonds is 3. The molecule has 0 aliphatic heterocycles. The number of aromatic nitrogens is 2. The van der Waals surface area contributed by atoms with Crippen LogP contribution < -0.4 is 5.32 Å². The Morgan fingerprint density at radius 2 is 2.05 bits per heavy atom. The third kappa shape index (κ3) is 2.29. The van der Waals surface area contributed by atoms with Gasteiger partial charge in [0.15, 0.2) is 12.2 Å². The van der Waals surface area contributed by atoms with Crippen LogP contribution in [0.3, 0.4) is 0 Å². The number of aryl methyl sites for hydroxylation is 1. The second kappa shape index (κ2) is 5.05. The molecule has 0 amide bonds. The van der Waals surface area contributed by atoms with Gasteiger partial charge in [-0.3, -0.25) is 4.98 Å². The molecular weight excluding hydrogens is 262 g/mol. The van der Waals surface area contributed by atoms with E-state index in [9.17, 15) is 0 Å². The van der Waals surface area contributed by atoms with Crippen LogP contribution in [0.5, 0.6) is 0 Å². The van der Waals surface area contributed by atoms with Crippen molar-refractivity contribution >= 4 is 5.69 Å². The Balaban J connectivity index is 1.53. The first-order chi connectivity index (χ1) is 10.4. The molecule has 104 valence electrons. The number of oxazole rings is 1. The fourth-order valence-corrected chi connectivity index (χ4v) is 2.84. The summed E-state index contributed by atoms with van der Waals surface area (Å²) in [6.45, 7) is 0. The number of pyridine rings is 1. The Hall–Kier alpha value is -2.62. The highest BCUT2D eigenvalue weighted by Gasteiger charge is 2.23. The number of nitrogens with zero attached hydrogens (tertiary/aromatic N) is 2. The molecule has 2 heterocycles. The minimum atomic E-state index is 0.303. The molecule has 3 aromatic rings. The topological polar surface area (TPSA) is 51.0 Å². The van der Waals surface area contributed by atoms with E-state index in [1.54, 1.807) is 6.20 Å². The quantitative estimate of drug-likeness (QED) is 0.790. The van der Waals surface area contributed by atoms with Crippen molar-refractivity contribution in [3.63, 3.8) is 0 Å². The van der Waals surface area contributed by atoms with Gasteiger partial charge >= 0.3 is 0 Å². The van der Waals surface area contributed by atoms with Gasteiger partial charge in [-0.05, 0) is 48.7 Å². The molecule has 21 heavy (non-hydrogen) atoms. The zero-order valence-corrected chi connectivity index (χ0v) is 11.5. The lowest BCUT2D eigenvalue weighted by molar-refractivity contribution is 0.572. The molecule has 1 N–H and O–H groups in total. The zero-order valence-electron chi connectivity index (χ0n) is 11.5. The predicted octanol–water partition coefficient (Wildman–Crippen LogP) is 3.84. The van der Waals surface area contributed by atoms with Crippen LogP contribution in [0.2, 0.25) is 0 Å². The Bertz CT molecular complexity index is 735. The van der Waals surface area contributed by atoms with Crippen molar-refractivity contribution in [1.82, 2.24) is 9.97 Å². The van der Waals surface area contributed by atoms with Crippen LogP contribution in [0.15, 0.2) is 59.6 Å². The highest BCUT2D eigenvalue weighted by atomic mass is 16.3. The van der Waals surface area contributed by atoms with Gasteiger partial charge in [0.05, 0.1) is 17.9 Å². The Morgan fingerprint density at radius 3 is 2.86 bits per heavy atom. The summed E-state index contributed by atoms with van der Waals surface area (Å²) in [4.78, 5) is 8.45. The molecule has 0 saturated carbocycles. The van der Waals surface area contributed by atoms with E-state index in [0.717, 1.165) is 29.9 Å². The van der Waals surface area contributed by atoms with Gasteiger partial charge in [-0.25, -0.2) is 4.98 Å². The minimum absolute atomic E-state index is 0.303. The van der Waals surface area contributed by atoms with Crippen LogP contribution in [0.4, 0.5) is 5.69 Å². The smallest absolute Gasteiger partial charge is 0.181 e. The summed E-state index contributed by atoms with van der Waals surface area (Å²) in [5.74, 6) is 0.787. The molecule has 2 aromatic heterocycles. The van der Waals surface area contributed by atoms with E-state index < -0.39 is 0 Å². The molecule has 4 rings (SSSR count). The number of nitrogens with one attached hydrogen (secondary N) is 1. The molecule has 1 aliphatic carbocycles. The molecule has 1 unspecified atom stereocenters. The highest BCUT2D eigenvalue weighted by molar-refractivity contribution is 5.61. The summed E-state index contributed by atoms with van der Waals surface area (Å²) in [5, 5.41) is 3.56. The van der Waals surface area contributed by atoms with Crippen LogP contribution in [-0.2, 0) is 6.42 Å². The van der Waals surface area contributed by atoms with E-state index in [1.165, 1.54) is 17.7 Å². The molecule has 0 bridgehead atoms. The molecular formula is C17H15N3O. The molecule has 4 nitrogen and oxygen atoms in total. The summed E-state index contributed by atoms with van der Waals surface area (Å²) in [7, 11) is 0. The lowest BCUT2D eigenvalue weighted by atomic mass is 10.1. The third-order valence-corrected chi connectivity index (χ3v) is 3.90. The number of anilines is 1.